The number of anilines is 2. The number of nitrogens with zero attached hydrogens (tertiary/aromatic N) is 2. The van der Waals surface area contributed by atoms with Crippen molar-refractivity contribution in [3.05, 3.63) is 75.2 Å². The lowest BCUT2D eigenvalue weighted by Gasteiger charge is -2.20. The smallest absolute Gasteiger partial charge is 0.237 e. The van der Waals surface area contributed by atoms with E-state index in [-0.39, 0.29) is 12.3 Å². The minimum atomic E-state index is -0.0974. The number of halogens is 2. The molecule has 0 fully saturated rings. The molecule has 6 heteroatoms. The van der Waals surface area contributed by atoms with E-state index in [9.17, 15) is 4.79 Å². The van der Waals surface area contributed by atoms with E-state index >= 15 is 0 Å². The fourth-order valence-electron chi connectivity index (χ4n) is 2.29. The normalized spacial score (nSPS) is 10.6. The van der Waals surface area contributed by atoms with Crippen LogP contribution in [0.2, 0.25) is 10.0 Å². The van der Waals surface area contributed by atoms with Crippen LogP contribution in [-0.2, 0) is 11.2 Å². The second kappa shape index (κ2) is 7.34. The number of aryl methyl sites for hydroxylation is 1. The Kier molecular flexibility index (Phi) is 5.19. The summed E-state index contributed by atoms with van der Waals surface area (Å²) in [7, 11) is 0. The van der Waals surface area contributed by atoms with E-state index in [4.69, 9.17) is 23.2 Å². The Bertz CT molecular complexity index is 864. The van der Waals surface area contributed by atoms with Crippen molar-refractivity contribution >= 4 is 51.3 Å². The molecule has 0 spiro atoms. The molecule has 1 aromatic heterocycles. The van der Waals surface area contributed by atoms with Gasteiger partial charge in [0.2, 0.25) is 5.91 Å². The van der Waals surface area contributed by atoms with E-state index in [1.165, 1.54) is 11.3 Å². The zero-order valence-corrected chi connectivity index (χ0v) is 15.2. The maximum atomic E-state index is 13.0. The minimum Gasteiger partial charge on any atom is -0.274 e. The number of carbonyl (C=O) groups excluding carboxylic acids is 1. The molecule has 0 unspecified atom stereocenters. The molecule has 1 heterocycles. The fourth-order valence-corrected chi connectivity index (χ4v) is 3.60. The molecule has 0 aliphatic heterocycles. The molecule has 0 aliphatic rings. The van der Waals surface area contributed by atoms with E-state index in [1.54, 1.807) is 23.1 Å². The molecular formula is C18H14Cl2N2OS. The highest BCUT2D eigenvalue weighted by atomic mass is 35.5. The highest BCUT2D eigenvalue weighted by Crippen LogP contribution is 2.30. The van der Waals surface area contributed by atoms with Crippen molar-refractivity contribution in [2.24, 2.45) is 0 Å². The first-order valence-corrected chi connectivity index (χ1v) is 8.92. The molecule has 0 atom stereocenters. The van der Waals surface area contributed by atoms with Crippen LogP contribution in [0.3, 0.4) is 0 Å². The van der Waals surface area contributed by atoms with Crippen molar-refractivity contribution in [2.75, 3.05) is 4.90 Å². The predicted octanol–water partition coefficient (Wildman–Crippen LogP) is 5.67. The number of hydrogen-bond donors (Lipinski definition) is 0. The van der Waals surface area contributed by atoms with Gasteiger partial charge >= 0.3 is 0 Å². The van der Waals surface area contributed by atoms with Gasteiger partial charge in [0.15, 0.2) is 5.13 Å². The summed E-state index contributed by atoms with van der Waals surface area (Å²) in [5.74, 6) is -0.0974. The van der Waals surface area contributed by atoms with Crippen molar-refractivity contribution in [1.82, 2.24) is 4.98 Å². The quantitative estimate of drug-likeness (QED) is 0.587. The zero-order chi connectivity index (χ0) is 17.1. The summed E-state index contributed by atoms with van der Waals surface area (Å²) in [6, 6.07) is 14.6. The first kappa shape index (κ1) is 17.0. The average Bonchev–Trinajstić information content (AvgIpc) is 2.97. The Hall–Kier alpha value is -1.88. The molecule has 0 saturated carbocycles. The first-order chi connectivity index (χ1) is 11.5. The number of hydrogen-bond acceptors (Lipinski definition) is 3. The van der Waals surface area contributed by atoms with Gasteiger partial charge in [0.05, 0.1) is 17.8 Å². The van der Waals surface area contributed by atoms with Crippen molar-refractivity contribution in [3.8, 4) is 0 Å². The molecule has 0 saturated heterocycles. The van der Waals surface area contributed by atoms with Crippen LogP contribution in [0.15, 0.2) is 53.9 Å². The molecule has 0 N–H and O–H groups in total. The number of aromatic nitrogens is 1. The lowest BCUT2D eigenvalue weighted by atomic mass is 10.1. The number of carbonyl (C=O) groups is 1. The van der Waals surface area contributed by atoms with Crippen molar-refractivity contribution in [3.63, 3.8) is 0 Å². The lowest BCUT2D eigenvalue weighted by molar-refractivity contribution is -0.117. The number of rotatable bonds is 4. The van der Waals surface area contributed by atoms with Crippen LogP contribution in [0.4, 0.5) is 10.8 Å². The second-order valence-corrected chi connectivity index (χ2v) is 6.93. The van der Waals surface area contributed by atoms with Crippen LogP contribution in [0.1, 0.15) is 11.3 Å². The predicted molar refractivity (Wildman–Crippen MR) is 101 cm³/mol. The standard InChI is InChI=1S/C18H14Cl2N2OS/c1-12-11-24-18(21-12)22(15-5-3-2-4-6-15)17(23)9-13-7-8-14(19)10-16(13)20/h2-8,10-11H,9H2,1H3. The summed E-state index contributed by atoms with van der Waals surface area (Å²) >= 11 is 13.6. The summed E-state index contributed by atoms with van der Waals surface area (Å²) in [4.78, 5) is 19.0. The Morgan fingerprint density at radius 1 is 1.17 bits per heavy atom. The molecule has 0 bridgehead atoms. The van der Waals surface area contributed by atoms with Crippen molar-refractivity contribution in [1.29, 1.82) is 0 Å². The number of amides is 1. The van der Waals surface area contributed by atoms with Crippen LogP contribution >= 0.6 is 34.5 Å². The van der Waals surface area contributed by atoms with Crippen LogP contribution < -0.4 is 4.90 Å². The summed E-state index contributed by atoms with van der Waals surface area (Å²) in [6.07, 6.45) is 0.170. The highest BCUT2D eigenvalue weighted by molar-refractivity contribution is 7.14. The van der Waals surface area contributed by atoms with E-state index in [0.717, 1.165) is 16.9 Å². The van der Waals surface area contributed by atoms with Crippen LogP contribution in [0.5, 0.6) is 0 Å². The lowest BCUT2D eigenvalue weighted by Crippen LogP contribution is -2.27. The maximum absolute atomic E-state index is 13.0. The van der Waals surface area contributed by atoms with Crippen molar-refractivity contribution < 1.29 is 4.79 Å². The van der Waals surface area contributed by atoms with Gasteiger partial charge < -0.3 is 0 Å². The zero-order valence-electron chi connectivity index (χ0n) is 12.9. The van der Waals surface area contributed by atoms with Gasteiger partial charge in [-0.1, -0.05) is 47.5 Å². The Labute approximate surface area is 154 Å². The number of para-hydroxylation sites is 1. The largest absolute Gasteiger partial charge is 0.274 e. The molecule has 24 heavy (non-hydrogen) atoms. The van der Waals surface area contributed by atoms with E-state index < -0.39 is 0 Å². The molecule has 1 amide bonds. The maximum Gasteiger partial charge on any atom is 0.237 e. The molecule has 122 valence electrons. The summed E-state index contributed by atoms with van der Waals surface area (Å²) < 4.78 is 0. The Morgan fingerprint density at radius 3 is 2.54 bits per heavy atom. The highest BCUT2D eigenvalue weighted by Gasteiger charge is 2.21. The second-order valence-electron chi connectivity index (χ2n) is 5.25. The third kappa shape index (κ3) is 3.78. The summed E-state index contributed by atoms with van der Waals surface area (Å²) in [5, 5.41) is 3.60. The third-order valence-electron chi connectivity index (χ3n) is 3.42. The summed E-state index contributed by atoms with van der Waals surface area (Å²) in [5.41, 5.74) is 2.40. The number of benzene rings is 2. The van der Waals surface area contributed by atoms with Crippen LogP contribution in [0.25, 0.3) is 0 Å². The summed E-state index contributed by atoms with van der Waals surface area (Å²) in [6.45, 7) is 1.91. The van der Waals surface area contributed by atoms with Crippen molar-refractivity contribution in [2.45, 2.75) is 13.3 Å². The molecule has 3 nitrogen and oxygen atoms in total. The van der Waals surface area contributed by atoms with E-state index in [2.05, 4.69) is 4.98 Å². The first-order valence-electron chi connectivity index (χ1n) is 7.28. The van der Waals surface area contributed by atoms with Crippen LogP contribution in [-0.4, -0.2) is 10.9 Å². The van der Waals surface area contributed by atoms with Gasteiger partial charge in [-0.05, 0) is 36.8 Å². The third-order valence-corrected chi connectivity index (χ3v) is 4.95. The molecule has 0 aliphatic carbocycles. The minimum absolute atomic E-state index is 0.0974. The molecule has 2 aromatic carbocycles. The Balaban J connectivity index is 1.95. The van der Waals surface area contributed by atoms with Crippen LogP contribution in [0, 0.1) is 6.92 Å². The fraction of sp³-hybridized carbons (Fsp3) is 0.111. The van der Waals surface area contributed by atoms with E-state index in [1.807, 2.05) is 42.6 Å². The van der Waals surface area contributed by atoms with Gasteiger partial charge in [0.1, 0.15) is 0 Å². The monoisotopic (exact) mass is 376 g/mol. The van der Waals surface area contributed by atoms with Gasteiger partial charge in [-0.15, -0.1) is 11.3 Å². The number of thiazole rings is 1. The van der Waals surface area contributed by atoms with Gasteiger partial charge in [0, 0.05) is 15.4 Å². The van der Waals surface area contributed by atoms with Gasteiger partial charge in [0.25, 0.3) is 0 Å². The molecule has 3 aromatic rings. The van der Waals surface area contributed by atoms with Gasteiger partial charge in [-0.2, -0.15) is 0 Å². The molecule has 0 radical (unpaired) electrons. The molecule has 3 rings (SSSR count). The Morgan fingerprint density at radius 2 is 1.92 bits per heavy atom. The van der Waals surface area contributed by atoms with Gasteiger partial charge in [-0.25, -0.2) is 4.98 Å². The average molecular weight is 377 g/mol. The SMILES string of the molecule is Cc1csc(N(C(=O)Cc2ccc(Cl)cc2Cl)c2ccccc2)n1. The topological polar surface area (TPSA) is 33.2 Å². The van der Waals surface area contributed by atoms with Gasteiger partial charge in [-0.3, -0.25) is 9.69 Å². The van der Waals surface area contributed by atoms with E-state index in [0.29, 0.717) is 15.2 Å². The molecular weight excluding hydrogens is 363 g/mol.